The minimum Gasteiger partial charge on any atom is -0.388 e. The van der Waals surface area contributed by atoms with Gasteiger partial charge in [0.25, 0.3) is 5.91 Å². The Morgan fingerprint density at radius 1 is 1.24 bits per heavy atom. The van der Waals surface area contributed by atoms with E-state index < -0.39 is 23.6 Å². The molecule has 3 heterocycles. The fourth-order valence-corrected chi connectivity index (χ4v) is 4.93. The van der Waals surface area contributed by atoms with E-state index in [0.717, 1.165) is 34.3 Å². The van der Waals surface area contributed by atoms with Crippen LogP contribution in [-0.2, 0) is 6.54 Å². The number of aliphatic hydroxyl groups is 1. The zero-order valence-electron chi connectivity index (χ0n) is 18.0. The molecule has 176 valence electrons. The van der Waals surface area contributed by atoms with E-state index in [1.807, 2.05) is 11.4 Å². The lowest BCUT2D eigenvalue weighted by atomic mass is 10.0. The Morgan fingerprint density at radius 2 is 2.00 bits per heavy atom. The van der Waals surface area contributed by atoms with E-state index in [0.29, 0.717) is 23.8 Å². The lowest BCUT2D eigenvalue weighted by Crippen LogP contribution is -2.11. The maximum absolute atomic E-state index is 14.8. The molecule has 11 heteroatoms. The van der Waals surface area contributed by atoms with Gasteiger partial charge in [0.15, 0.2) is 5.13 Å². The number of amides is 1. The summed E-state index contributed by atoms with van der Waals surface area (Å²) in [7, 11) is 0. The smallest absolute Gasteiger partial charge is 0.251 e. The molecule has 0 spiro atoms. The molecule has 0 bridgehead atoms. The van der Waals surface area contributed by atoms with Gasteiger partial charge in [-0.15, -0.1) is 22.7 Å². The second-order valence-corrected chi connectivity index (χ2v) is 9.28. The normalized spacial score (nSPS) is 11.9. The van der Waals surface area contributed by atoms with Crippen LogP contribution in [0.5, 0.6) is 0 Å². The predicted molar refractivity (Wildman–Crippen MR) is 130 cm³/mol. The number of benzene rings is 1. The summed E-state index contributed by atoms with van der Waals surface area (Å²) >= 11 is 2.45. The van der Waals surface area contributed by atoms with Gasteiger partial charge in [-0.3, -0.25) is 4.79 Å². The first-order valence-corrected chi connectivity index (χ1v) is 12.0. The SMILES string of the molecule is CCC(O)c1cc(F)c(-c2cc(C(N)=O)c(Nc3cccc(CNc4nccs4)n3)s2)c(F)c1. The number of carbonyl (C=O) groups is 1. The quantitative estimate of drug-likeness (QED) is 0.243. The van der Waals surface area contributed by atoms with Gasteiger partial charge in [-0.05, 0) is 42.3 Å². The summed E-state index contributed by atoms with van der Waals surface area (Å²) in [5.41, 5.74) is 6.19. The van der Waals surface area contributed by atoms with Crippen LogP contribution in [0.1, 0.15) is 41.1 Å². The Morgan fingerprint density at radius 3 is 2.65 bits per heavy atom. The van der Waals surface area contributed by atoms with Crippen molar-refractivity contribution in [3.63, 3.8) is 0 Å². The average molecular weight is 502 g/mol. The van der Waals surface area contributed by atoms with Crippen molar-refractivity contribution >= 4 is 44.5 Å². The van der Waals surface area contributed by atoms with E-state index in [9.17, 15) is 18.7 Å². The largest absolute Gasteiger partial charge is 0.388 e. The number of thiophene rings is 1. The summed E-state index contributed by atoms with van der Waals surface area (Å²) < 4.78 is 29.6. The Bertz CT molecular complexity index is 1290. The van der Waals surface area contributed by atoms with Gasteiger partial charge in [0.05, 0.1) is 29.5 Å². The topological polar surface area (TPSA) is 113 Å². The van der Waals surface area contributed by atoms with E-state index in [1.165, 1.54) is 17.4 Å². The molecule has 34 heavy (non-hydrogen) atoms. The standard InChI is InChI=1S/C23H21F2N5O2S2/c1-2-17(31)12-8-15(24)20(16(25)9-12)18-10-14(21(26)32)22(34-18)30-19-5-3-4-13(29-19)11-28-23-27-6-7-33-23/h3-10,17,31H,2,11H2,1H3,(H2,26,32)(H,27,28)(H,29,30). The number of primary amides is 1. The van der Waals surface area contributed by atoms with Crippen molar-refractivity contribution in [3.8, 4) is 10.4 Å². The zero-order valence-corrected chi connectivity index (χ0v) is 19.6. The number of anilines is 3. The number of nitrogens with zero attached hydrogens (tertiary/aromatic N) is 2. The highest BCUT2D eigenvalue weighted by Crippen LogP contribution is 2.40. The van der Waals surface area contributed by atoms with E-state index in [1.54, 1.807) is 25.3 Å². The number of carbonyl (C=O) groups excluding carboxylic acids is 1. The molecule has 7 nitrogen and oxygen atoms in total. The van der Waals surface area contributed by atoms with E-state index >= 15 is 0 Å². The third-order valence-corrected chi connectivity index (χ3v) is 6.78. The molecule has 0 fully saturated rings. The zero-order chi connectivity index (χ0) is 24.2. The highest BCUT2D eigenvalue weighted by atomic mass is 32.1. The third kappa shape index (κ3) is 5.22. The van der Waals surface area contributed by atoms with E-state index in [-0.39, 0.29) is 21.6 Å². The average Bonchev–Trinajstić information content (AvgIpc) is 3.47. The molecule has 0 aliphatic rings. The van der Waals surface area contributed by atoms with Crippen molar-refractivity contribution in [3.05, 3.63) is 76.4 Å². The highest BCUT2D eigenvalue weighted by Gasteiger charge is 2.22. The number of pyridine rings is 1. The second kappa shape index (κ2) is 10.2. The highest BCUT2D eigenvalue weighted by molar-refractivity contribution is 7.20. The van der Waals surface area contributed by atoms with E-state index in [4.69, 9.17) is 5.73 Å². The van der Waals surface area contributed by atoms with Crippen molar-refractivity contribution in [2.24, 2.45) is 5.73 Å². The Labute approximate surface area is 202 Å². The minimum atomic E-state index is -0.969. The number of nitrogens with one attached hydrogen (secondary N) is 2. The fraction of sp³-hybridized carbons (Fsp3) is 0.174. The van der Waals surface area contributed by atoms with Crippen LogP contribution in [0.25, 0.3) is 10.4 Å². The number of halogens is 2. The Balaban J connectivity index is 1.62. The van der Waals surface area contributed by atoms with Crippen LogP contribution in [0.4, 0.5) is 24.7 Å². The number of aliphatic hydroxyl groups excluding tert-OH is 1. The van der Waals surface area contributed by atoms with Crippen LogP contribution < -0.4 is 16.4 Å². The first-order valence-electron chi connectivity index (χ1n) is 10.3. The van der Waals surface area contributed by atoms with Crippen LogP contribution in [0, 0.1) is 11.6 Å². The molecule has 0 saturated carbocycles. The number of hydrogen-bond donors (Lipinski definition) is 4. The molecule has 4 rings (SSSR count). The summed E-state index contributed by atoms with van der Waals surface area (Å²) in [4.78, 5) is 20.9. The molecule has 5 N–H and O–H groups in total. The van der Waals surface area contributed by atoms with Crippen molar-refractivity contribution in [2.45, 2.75) is 26.0 Å². The monoisotopic (exact) mass is 501 g/mol. The van der Waals surface area contributed by atoms with Crippen LogP contribution in [0.3, 0.4) is 0 Å². The number of hydrogen-bond acceptors (Lipinski definition) is 8. The molecular formula is C23H21F2N5O2S2. The van der Waals surface area contributed by atoms with Gasteiger partial charge in [0, 0.05) is 16.5 Å². The lowest BCUT2D eigenvalue weighted by molar-refractivity contribution is 0.100. The van der Waals surface area contributed by atoms with Crippen molar-refractivity contribution in [2.75, 3.05) is 10.6 Å². The van der Waals surface area contributed by atoms with Crippen LogP contribution in [0.15, 0.2) is 48.0 Å². The van der Waals surface area contributed by atoms with Crippen molar-refractivity contribution in [1.29, 1.82) is 0 Å². The number of nitrogens with two attached hydrogens (primary N) is 1. The van der Waals surface area contributed by atoms with Gasteiger partial charge < -0.3 is 21.5 Å². The fourth-order valence-electron chi connectivity index (χ4n) is 3.29. The van der Waals surface area contributed by atoms with Crippen LogP contribution >= 0.6 is 22.7 Å². The maximum atomic E-state index is 14.8. The van der Waals surface area contributed by atoms with Gasteiger partial charge in [-0.25, -0.2) is 18.7 Å². The summed E-state index contributed by atoms with van der Waals surface area (Å²) in [6, 6.07) is 8.88. The molecular weight excluding hydrogens is 480 g/mol. The molecule has 0 saturated heterocycles. The number of thiazole rings is 1. The summed E-state index contributed by atoms with van der Waals surface area (Å²) in [6.07, 6.45) is 1.05. The summed E-state index contributed by atoms with van der Waals surface area (Å²) in [6.45, 7) is 2.15. The van der Waals surface area contributed by atoms with Crippen LogP contribution in [-0.4, -0.2) is 21.0 Å². The van der Waals surface area contributed by atoms with Gasteiger partial charge in [-0.1, -0.05) is 13.0 Å². The van der Waals surface area contributed by atoms with Crippen molar-refractivity contribution < 1.29 is 18.7 Å². The lowest BCUT2D eigenvalue weighted by Gasteiger charge is -2.11. The van der Waals surface area contributed by atoms with Gasteiger partial charge in [-0.2, -0.15) is 0 Å². The summed E-state index contributed by atoms with van der Waals surface area (Å²) in [5, 5.41) is 19.1. The van der Waals surface area contributed by atoms with Gasteiger partial charge in [0.1, 0.15) is 22.5 Å². The van der Waals surface area contributed by atoms with Crippen molar-refractivity contribution in [1.82, 2.24) is 9.97 Å². The molecule has 1 unspecified atom stereocenters. The molecule has 1 atom stereocenters. The maximum Gasteiger partial charge on any atom is 0.251 e. The third-order valence-electron chi connectivity index (χ3n) is 4.98. The van der Waals surface area contributed by atoms with E-state index in [2.05, 4.69) is 20.6 Å². The van der Waals surface area contributed by atoms with Crippen LogP contribution in [0.2, 0.25) is 0 Å². The van der Waals surface area contributed by atoms with Gasteiger partial charge >= 0.3 is 0 Å². The molecule has 1 aromatic carbocycles. The second-order valence-electron chi connectivity index (χ2n) is 7.33. The first-order chi connectivity index (χ1) is 16.4. The van der Waals surface area contributed by atoms with Gasteiger partial charge in [0.2, 0.25) is 0 Å². The number of aromatic nitrogens is 2. The Hall–Kier alpha value is -3.41. The Kier molecular flexibility index (Phi) is 7.15. The molecule has 1 amide bonds. The molecule has 0 aliphatic heterocycles. The minimum absolute atomic E-state index is 0.0876. The number of rotatable bonds is 9. The molecule has 0 radical (unpaired) electrons. The molecule has 3 aromatic heterocycles. The summed E-state index contributed by atoms with van der Waals surface area (Å²) in [5.74, 6) is -1.97. The molecule has 4 aromatic rings. The predicted octanol–water partition coefficient (Wildman–Crippen LogP) is 5.44. The molecule has 0 aliphatic carbocycles. The first kappa shape index (κ1) is 23.7.